The van der Waals surface area contributed by atoms with Crippen LogP contribution in [0.15, 0.2) is 18.2 Å². The molecule has 0 heterocycles. The predicted octanol–water partition coefficient (Wildman–Crippen LogP) is 2.20. The number of benzene rings is 2. The smallest absolute Gasteiger partial charge is 0.202 e. The van der Waals surface area contributed by atoms with Crippen LogP contribution >= 0.6 is 0 Å². The number of carbonyl (C=O) groups excluding carboxylic acids is 2. The summed E-state index contributed by atoms with van der Waals surface area (Å²) in [5, 5.41) is 20.2. The zero-order chi connectivity index (χ0) is 16.9. The first-order valence-corrected chi connectivity index (χ1v) is 6.81. The van der Waals surface area contributed by atoms with Crippen molar-refractivity contribution >= 4 is 11.6 Å². The summed E-state index contributed by atoms with van der Waals surface area (Å²) < 4.78 is 10.3. The molecule has 0 spiro atoms. The van der Waals surface area contributed by atoms with Gasteiger partial charge in [-0.25, -0.2) is 0 Å². The summed E-state index contributed by atoms with van der Waals surface area (Å²) in [5.41, 5.74) is 0.338. The molecule has 0 bridgehead atoms. The van der Waals surface area contributed by atoms with Crippen molar-refractivity contribution < 1.29 is 29.3 Å². The zero-order valence-corrected chi connectivity index (χ0v) is 12.8. The zero-order valence-electron chi connectivity index (χ0n) is 12.8. The van der Waals surface area contributed by atoms with E-state index in [1.54, 1.807) is 6.92 Å². The highest BCUT2D eigenvalue weighted by Crippen LogP contribution is 2.45. The topological polar surface area (TPSA) is 93.1 Å². The Labute approximate surface area is 131 Å². The monoisotopic (exact) mass is 314 g/mol. The average molecular weight is 314 g/mol. The highest BCUT2D eigenvalue weighted by molar-refractivity contribution is 6.31. The van der Waals surface area contributed by atoms with Gasteiger partial charge in [0.15, 0.2) is 17.3 Å². The van der Waals surface area contributed by atoms with Crippen LogP contribution < -0.4 is 9.47 Å². The van der Waals surface area contributed by atoms with Crippen LogP contribution in [0, 0.1) is 6.92 Å². The van der Waals surface area contributed by atoms with Crippen molar-refractivity contribution in [3.63, 3.8) is 0 Å². The minimum Gasteiger partial charge on any atom is -0.507 e. The molecule has 1 aliphatic carbocycles. The van der Waals surface area contributed by atoms with E-state index in [1.807, 2.05) is 0 Å². The van der Waals surface area contributed by atoms with Gasteiger partial charge in [-0.3, -0.25) is 9.59 Å². The Hall–Kier alpha value is -3.02. The SMILES string of the molecule is COc1cc(O)c2c(c1OC)C(=O)c1cc(C)cc(O)c1C2=O. The number of rotatable bonds is 2. The van der Waals surface area contributed by atoms with Crippen molar-refractivity contribution in [2.75, 3.05) is 14.2 Å². The standard InChI is InChI=1S/C17H14O6/c1-7-4-8-12(9(18)5-7)16(21)13-10(19)6-11(22-2)17(23-3)14(13)15(8)20/h4-6,18-19H,1-3H3. The van der Waals surface area contributed by atoms with Gasteiger partial charge in [0, 0.05) is 11.6 Å². The second-order valence-electron chi connectivity index (χ2n) is 5.25. The van der Waals surface area contributed by atoms with E-state index in [-0.39, 0.29) is 39.5 Å². The molecule has 1 aliphatic rings. The molecule has 0 saturated carbocycles. The van der Waals surface area contributed by atoms with Crippen LogP contribution in [0.3, 0.4) is 0 Å². The Kier molecular flexibility index (Phi) is 3.25. The van der Waals surface area contributed by atoms with Gasteiger partial charge in [0.05, 0.1) is 30.9 Å². The summed E-state index contributed by atoms with van der Waals surface area (Å²) in [7, 11) is 2.71. The molecule has 2 aromatic rings. The van der Waals surface area contributed by atoms with E-state index in [9.17, 15) is 19.8 Å². The highest BCUT2D eigenvalue weighted by Gasteiger charge is 2.38. The lowest BCUT2D eigenvalue weighted by Crippen LogP contribution is -2.22. The highest BCUT2D eigenvalue weighted by atomic mass is 16.5. The fourth-order valence-electron chi connectivity index (χ4n) is 2.87. The maximum Gasteiger partial charge on any atom is 0.202 e. The third-order valence-corrected chi connectivity index (χ3v) is 3.84. The average Bonchev–Trinajstić information content (AvgIpc) is 2.50. The molecule has 0 aromatic heterocycles. The molecular formula is C17H14O6. The van der Waals surface area contributed by atoms with Crippen LogP contribution in [0.4, 0.5) is 0 Å². The number of hydrogen-bond acceptors (Lipinski definition) is 6. The molecule has 0 unspecified atom stereocenters. The second-order valence-corrected chi connectivity index (χ2v) is 5.25. The number of carbonyl (C=O) groups is 2. The number of methoxy groups -OCH3 is 2. The Morgan fingerprint density at radius 2 is 1.48 bits per heavy atom. The van der Waals surface area contributed by atoms with Crippen molar-refractivity contribution in [3.8, 4) is 23.0 Å². The molecule has 6 heteroatoms. The number of aryl methyl sites for hydroxylation is 1. The lowest BCUT2D eigenvalue weighted by atomic mass is 9.81. The number of fused-ring (bicyclic) bond motifs is 2. The molecule has 0 amide bonds. The van der Waals surface area contributed by atoms with Crippen LogP contribution in [0.5, 0.6) is 23.0 Å². The van der Waals surface area contributed by atoms with Crippen LogP contribution in [-0.4, -0.2) is 36.0 Å². The molecule has 118 valence electrons. The molecule has 3 rings (SSSR count). The quantitative estimate of drug-likeness (QED) is 0.753. The van der Waals surface area contributed by atoms with Gasteiger partial charge in [-0.15, -0.1) is 0 Å². The molecule has 23 heavy (non-hydrogen) atoms. The summed E-state index contributed by atoms with van der Waals surface area (Å²) >= 11 is 0. The van der Waals surface area contributed by atoms with Crippen LogP contribution in [-0.2, 0) is 0 Å². The predicted molar refractivity (Wildman–Crippen MR) is 80.9 cm³/mol. The minimum absolute atomic E-state index is 0.0631. The summed E-state index contributed by atoms with van der Waals surface area (Å²) in [6.45, 7) is 1.70. The lowest BCUT2D eigenvalue weighted by molar-refractivity contribution is 0.0971. The number of aromatic hydroxyl groups is 2. The number of ketones is 2. The number of ether oxygens (including phenoxy) is 2. The van der Waals surface area contributed by atoms with E-state index in [0.29, 0.717) is 5.56 Å². The maximum absolute atomic E-state index is 12.8. The molecule has 2 aromatic carbocycles. The van der Waals surface area contributed by atoms with Crippen LogP contribution in [0.1, 0.15) is 37.4 Å². The Bertz CT molecular complexity index is 866. The van der Waals surface area contributed by atoms with Crippen molar-refractivity contribution in [2.45, 2.75) is 6.92 Å². The van der Waals surface area contributed by atoms with Gasteiger partial charge in [-0.05, 0) is 24.6 Å². The largest absolute Gasteiger partial charge is 0.507 e. The fraction of sp³-hybridized carbons (Fsp3) is 0.176. The molecular weight excluding hydrogens is 300 g/mol. The van der Waals surface area contributed by atoms with E-state index in [1.165, 1.54) is 32.4 Å². The number of phenolic OH excluding ortho intramolecular Hbond substituents is 2. The Morgan fingerprint density at radius 3 is 2.09 bits per heavy atom. The van der Waals surface area contributed by atoms with Crippen molar-refractivity contribution in [1.29, 1.82) is 0 Å². The normalized spacial score (nSPS) is 12.7. The van der Waals surface area contributed by atoms with Crippen molar-refractivity contribution in [1.82, 2.24) is 0 Å². The summed E-state index contributed by atoms with van der Waals surface area (Å²) in [6, 6.07) is 4.13. The summed E-state index contributed by atoms with van der Waals surface area (Å²) in [4.78, 5) is 25.6. The molecule has 0 saturated heterocycles. The number of hydrogen-bond donors (Lipinski definition) is 2. The van der Waals surface area contributed by atoms with E-state index >= 15 is 0 Å². The first kappa shape index (κ1) is 14.9. The first-order chi connectivity index (χ1) is 10.9. The van der Waals surface area contributed by atoms with Gasteiger partial charge >= 0.3 is 0 Å². The van der Waals surface area contributed by atoms with E-state index in [4.69, 9.17) is 9.47 Å². The van der Waals surface area contributed by atoms with Crippen molar-refractivity contribution in [3.05, 3.63) is 46.0 Å². The van der Waals surface area contributed by atoms with Crippen LogP contribution in [0.2, 0.25) is 0 Å². The summed E-state index contributed by atoms with van der Waals surface area (Å²) in [6.07, 6.45) is 0. The molecule has 0 aliphatic heterocycles. The van der Waals surface area contributed by atoms with Gasteiger partial charge in [0.25, 0.3) is 0 Å². The number of phenols is 2. The van der Waals surface area contributed by atoms with Gasteiger partial charge in [0.1, 0.15) is 11.5 Å². The Balaban J connectivity index is 2.42. The lowest BCUT2D eigenvalue weighted by Gasteiger charge is -2.23. The van der Waals surface area contributed by atoms with Gasteiger partial charge in [-0.1, -0.05) is 0 Å². The first-order valence-electron chi connectivity index (χ1n) is 6.81. The van der Waals surface area contributed by atoms with E-state index < -0.39 is 17.3 Å². The molecule has 0 radical (unpaired) electrons. The minimum atomic E-state index is -0.634. The van der Waals surface area contributed by atoms with Gasteiger partial charge < -0.3 is 19.7 Å². The third kappa shape index (κ3) is 1.95. The molecule has 0 atom stereocenters. The van der Waals surface area contributed by atoms with Gasteiger partial charge in [0.2, 0.25) is 5.78 Å². The fourth-order valence-corrected chi connectivity index (χ4v) is 2.87. The molecule has 6 nitrogen and oxygen atoms in total. The van der Waals surface area contributed by atoms with Crippen molar-refractivity contribution in [2.24, 2.45) is 0 Å². The maximum atomic E-state index is 12.8. The molecule has 0 fully saturated rings. The summed E-state index contributed by atoms with van der Waals surface area (Å²) in [5.74, 6) is -1.62. The van der Waals surface area contributed by atoms with Crippen LogP contribution in [0.25, 0.3) is 0 Å². The van der Waals surface area contributed by atoms with E-state index in [0.717, 1.165) is 0 Å². The second kappa shape index (κ2) is 5.01. The Morgan fingerprint density at radius 1 is 0.826 bits per heavy atom. The third-order valence-electron chi connectivity index (χ3n) is 3.84. The molecule has 2 N–H and O–H groups in total. The van der Waals surface area contributed by atoms with Gasteiger partial charge in [-0.2, -0.15) is 0 Å². The van der Waals surface area contributed by atoms with E-state index in [2.05, 4.69) is 0 Å².